The molecule has 2 N–H and O–H groups in total. The Morgan fingerprint density at radius 1 is 1.29 bits per heavy atom. The van der Waals surface area contributed by atoms with E-state index < -0.39 is 5.82 Å². The minimum absolute atomic E-state index is 0.00549. The van der Waals surface area contributed by atoms with Gasteiger partial charge in [-0.3, -0.25) is 14.3 Å². The Morgan fingerprint density at radius 2 is 2.04 bits per heavy atom. The first-order valence-corrected chi connectivity index (χ1v) is 8.98. The smallest absolute Gasteiger partial charge is 0.254 e. The van der Waals surface area contributed by atoms with Crippen molar-refractivity contribution in [2.45, 2.75) is 25.9 Å². The molecule has 0 aliphatic rings. The van der Waals surface area contributed by atoms with E-state index in [1.807, 2.05) is 37.3 Å². The van der Waals surface area contributed by atoms with Crippen LogP contribution in [0.25, 0.3) is 11.3 Å². The summed E-state index contributed by atoms with van der Waals surface area (Å²) < 4.78 is 15.4. The van der Waals surface area contributed by atoms with Crippen LogP contribution in [0.3, 0.4) is 0 Å². The second kappa shape index (κ2) is 8.67. The van der Waals surface area contributed by atoms with Crippen LogP contribution in [0.5, 0.6) is 0 Å². The van der Waals surface area contributed by atoms with Crippen molar-refractivity contribution >= 4 is 5.71 Å². The molecule has 0 spiro atoms. The minimum Gasteiger partial charge on any atom is -0.310 e. The molecule has 0 aliphatic carbocycles. The number of pyridine rings is 1. The number of halogens is 1. The molecular formula is C21H22FN5O. The van der Waals surface area contributed by atoms with E-state index >= 15 is 0 Å². The molecule has 0 amide bonds. The second-order valence-electron chi connectivity index (χ2n) is 6.67. The maximum absolute atomic E-state index is 14.0. The van der Waals surface area contributed by atoms with E-state index in [0.717, 1.165) is 11.8 Å². The van der Waals surface area contributed by atoms with Crippen molar-refractivity contribution in [1.29, 1.82) is 5.41 Å². The van der Waals surface area contributed by atoms with E-state index in [1.54, 1.807) is 7.05 Å². The summed E-state index contributed by atoms with van der Waals surface area (Å²) in [4.78, 5) is 20.4. The van der Waals surface area contributed by atoms with Gasteiger partial charge in [-0.25, -0.2) is 9.37 Å². The van der Waals surface area contributed by atoms with Gasteiger partial charge in [-0.1, -0.05) is 30.3 Å². The third-order valence-electron chi connectivity index (χ3n) is 4.46. The van der Waals surface area contributed by atoms with Crippen molar-refractivity contribution in [2.24, 2.45) is 7.05 Å². The SMILES string of the molecule is C[C@@H](CC(=N)c1nc(-c2ccncc2F)cc(=O)n1C)NCc1ccccc1. The third-order valence-corrected chi connectivity index (χ3v) is 4.46. The minimum atomic E-state index is -0.557. The standard InChI is InChI=1S/C21H22FN5O/c1-14(25-12-15-6-4-3-5-7-15)10-18(23)21-26-19(11-20(28)27(21)2)16-8-9-24-13-17(16)22/h3-9,11,13-14,23,25H,10,12H2,1-2H3/t14-/m0/s1. The Bertz CT molecular complexity index is 1030. The fourth-order valence-electron chi connectivity index (χ4n) is 2.89. The van der Waals surface area contributed by atoms with Gasteiger partial charge in [-0.05, 0) is 18.6 Å². The molecule has 28 heavy (non-hydrogen) atoms. The zero-order valence-corrected chi connectivity index (χ0v) is 15.8. The number of nitrogens with one attached hydrogen (secondary N) is 2. The molecule has 0 saturated carbocycles. The van der Waals surface area contributed by atoms with Crippen molar-refractivity contribution in [3.63, 3.8) is 0 Å². The van der Waals surface area contributed by atoms with E-state index in [9.17, 15) is 9.18 Å². The lowest BCUT2D eigenvalue weighted by Crippen LogP contribution is -2.31. The van der Waals surface area contributed by atoms with Crippen LogP contribution in [0.2, 0.25) is 0 Å². The first-order chi connectivity index (χ1) is 13.5. The highest BCUT2D eigenvalue weighted by atomic mass is 19.1. The zero-order chi connectivity index (χ0) is 20.1. The maximum atomic E-state index is 14.0. The predicted molar refractivity (Wildman–Crippen MR) is 107 cm³/mol. The molecule has 0 unspecified atom stereocenters. The summed E-state index contributed by atoms with van der Waals surface area (Å²) in [6.45, 7) is 2.66. The van der Waals surface area contributed by atoms with Crippen molar-refractivity contribution < 1.29 is 4.39 Å². The van der Waals surface area contributed by atoms with Gasteiger partial charge in [-0.2, -0.15) is 0 Å². The number of hydrogen-bond donors (Lipinski definition) is 2. The van der Waals surface area contributed by atoms with E-state index in [4.69, 9.17) is 5.41 Å². The van der Waals surface area contributed by atoms with Gasteiger partial charge in [0.25, 0.3) is 5.56 Å². The Kier molecular flexibility index (Phi) is 6.06. The highest BCUT2D eigenvalue weighted by Gasteiger charge is 2.16. The lowest BCUT2D eigenvalue weighted by Gasteiger charge is -2.16. The van der Waals surface area contributed by atoms with Crippen molar-refractivity contribution in [3.05, 3.63) is 82.4 Å². The van der Waals surface area contributed by atoms with Crippen LogP contribution in [0, 0.1) is 11.2 Å². The van der Waals surface area contributed by atoms with Crippen LogP contribution in [-0.2, 0) is 13.6 Å². The summed E-state index contributed by atoms with van der Waals surface area (Å²) in [6.07, 6.45) is 2.91. The second-order valence-corrected chi connectivity index (χ2v) is 6.67. The monoisotopic (exact) mass is 379 g/mol. The summed E-state index contributed by atoms with van der Waals surface area (Å²) in [5.41, 5.74) is 1.42. The molecule has 6 nitrogen and oxygen atoms in total. The molecular weight excluding hydrogens is 357 g/mol. The quantitative estimate of drug-likeness (QED) is 0.618. The molecule has 2 heterocycles. The average Bonchev–Trinajstić information content (AvgIpc) is 2.69. The molecule has 0 fully saturated rings. The van der Waals surface area contributed by atoms with E-state index in [0.29, 0.717) is 13.0 Å². The largest absolute Gasteiger partial charge is 0.310 e. The van der Waals surface area contributed by atoms with Crippen LogP contribution in [0.1, 0.15) is 24.7 Å². The van der Waals surface area contributed by atoms with Gasteiger partial charge >= 0.3 is 0 Å². The van der Waals surface area contributed by atoms with Crippen LogP contribution in [0.15, 0.2) is 59.7 Å². The average molecular weight is 379 g/mol. The number of benzene rings is 1. The molecule has 0 aliphatic heterocycles. The molecule has 0 saturated heterocycles. The Hall–Kier alpha value is -3.19. The van der Waals surface area contributed by atoms with Gasteiger partial charge in [-0.15, -0.1) is 0 Å². The summed E-state index contributed by atoms with van der Waals surface area (Å²) >= 11 is 0. The van der Waals surface area contributed by atoms with Crippen molar-refractivity contribution in [1.82, 2.24) is 19.9 Å². The Labute approximate surface area is 162 Å². The molecule has 3 rings (SSSR count). The van der Waals surface area contributed by atoms with Crippen molar-refractivity contribution in [2.75, 3.05) is 0 Å². The summed E-state index contributed by atoms with van der Waals surface area (Å²) in [6, 6.07) is 12.7. The normalized spacial score (nSPS) is 12.0. The van der Waals surface area contributed by atoms with Crippen LogP contribution >= 0.6 is 0 Å². The molecule has 3 aromatic rings. The summed E-state index contributed by atoms with van der Waals surface area (Å²) in [7, 11) is 1.56. The lowest BCUT2D eigenvalue weighted by atomic mass is 10.1. The molecule has 0 radical (unpaired) electrons. The van der Waals surface area contributed by atoms with Gasteiger partial charge in [0.05, 0.1) is 17.6 Å². The maximum Gasteiger partial charge on any atom is 0.254 e. The summed E-state index contributed by atoms with van der Waals surface area (Å²) in [5.74, 6) is -0.328. The van der Waals surface area contributed by atoms with Crippen LogP contribution in [-0.4, -0.2) is 26.3 Å². The molecule has 7 heteroatoms. The molecule has 144 valence electrons. The van der Waals surface area contributed by atoms with Crippen LogP contribution < -0.4 is 10.9 Å². The van der Waals surface area contributed by atoms with E-state index in [-0.39, 0.29) is 34.4 Å². The Morgan fingerprint density at radius 3 is 2.75 bits per heavy atom. The highest BCUT2D eigenvalue weighted by molar-refractivity contribution is 5.95. The predicted octanol–water partition coefficient (Wildman–Crippen LogP) is 2.92. The van der Waals surface area contributed by atoms with E-state index in [1.165, 1.54) is 22.9 Å². The molecule has 2 aromatic heterocycles. The first-order valence-electron chi connectivity index (χ1n) is 8.98. The molecule has 1 aromatic carbocycles. The van der Waals surface area contributed by atoms with Gasteiger partial charge in [0, 0.05) is 43.9 Å². The first kappa shape index (κ1) is 19.6. The number of hydrogen-bond acceptors (Lipinski definition) is 5. The molecule has 0 bridgehead atoms. The summed E-state index contributed by atoms with van der Waals surface area (Å²) in [5, 5.41) is 11.8. The highest BCUT2D eigenvalue weighted by Crippen LogP contribution is 2.19. The number of nitrogens with zero attached hydrogens (tertiary/aromatic N) is 3. The Balaban J connectivity index is 1.77. The zero-order valence-electron chi connectivity index (χ0n) is 15.8. The van der Waals surface area contributed by atoms with Gasteiger partial charge < -0.3 is 10.7 Å². The van der Waals surface area contributed by atoms with Crippen molar-refractivity contribution in [3.8, 4) is 11.3 Å². The topological polar surface area (TPSA) is 83.7 Å². The van der Waals surface area contributed by atoms with E-state index in [2.05, 4.69) is 15.3 Å². The lowest BCUT2D eigenvalue weighted by molar-refractivity contribution is 0.561. The van der Waals surface area contributed by atoms with Gasteiger partial charge in [0.2, 0.25) is 0 Å². The van der Waals surface area contributed by atoms with Gasteiger partial charge in [0.15, 0.2) is 11.6 Å². The fraction of sp³-hybridized carbons (Fsp3) is 0.238. The fourth-order valence-corrected chi connectivity index (χ4v) is 2.89. The third kappa shape index (κ3) is 4.55. The molecule has 1 atom stereocenters. The number of rotatable bonds is 7. The number of aromatic nitrogens is 3. The van der Waals surface area contributed by atoms with Gasteiger partial charge in [0.1, 0.15) is 0 Å². The van der Waals surface area contributed by atoms with Crippen LogP contribution in [0.4, 0.5) is 4.39 Å².